The van der Waals surface area contributed by atoms with E-state index in [1.54, 1.807) is 0 Å². The largest absolute Gasteiger partial charge is 0.317 e. The molecule has 0 saturated heterocycles. The fourth-order valence-electron chi connectivity index (χ4n) is 1.90. The van der Waals surface area contributed by atoms with Crippen molar-refractivity contribution in [3.05, 3.63) is 30.1 Å². The summed E-state index contributed by atoms with van der Waals surface area (Å²) in [7, 11) is 2.19. The summed E-state index contributed by atoms with van der Waals surface area (Å²) in [5.41, 5.74) is 1.32. The zero-order valence-corrected chi connectivity index (χ0v) is 11.5. The maximum atomic E-state index is 4.04. The van der Waals surface area contributed by atoms with Gasteiger partial charge in [0.15, 0.2) is 0 Å². The highest BCUT2D eigenvalue weighted by Gasteiger charge is 2.16. The number of pyridine rings is 1. The molecule has 96 valence electrons. The van der Waals surface area contributed by atoms with Crippen LogP contribution < -0.4 is 5.32 Å². The second-order valence-electron chi connectivity index (χ2n) is 4.80. The Bertz CT molecular complexity index is 300. The van der Waals surface area contributed by atoms with Crippen molar-refractivity contribution in [3.63, 3.8) is 0 Å². The van der Waals surface area contributed by atoms with E-state index in [0.29, 0.717) is 12.0 Å². The molecular formula is C14H25N3. The van der Waals surface area contributed by atoms with Gasteiger partial charge in [0.2, 0.25) is 0 Å². The van der Waals surface area contributed by atoms with E-state index < -0.39 is 0 Å². The summed E-state index contributed by atoms with van der Waals surface area (Å²) in [4.78, 5) is 6.44. The van der Waals surface area contributed by atoms with Crippen molar-refractivity contribution in [1.29, 1.82) is 0 Å². The van der Waals surface area contributed by atoms with Crippen LogP contribution in [0.1, 0.15) is 26.3 Å². The second kappa shape index (κ2) is 7.41. The molecule has 1 aromatic heterocycles. The zero-order valence-electron chi connectivity index (χ0n) is 11.5. The molecule has 0 amide bonds. The van der Waals surface area contributed by atoms with Crippen molar-refractivity contribution in [1.82, 2.24) is 15.2 Å². The molecule has 0 bridgehead atoms. The highest BCUT2D eigenvalue weighted by Crippen LogP contribution is 2.11. The van der Waals surface area contributed by atoms with Gasteiger partial charge in [-0.3, -0.25) is 9.88 Å². The molecule has 0 saturated carbocycles. The molecule has 0 aliphatic heterocycles. The maximum Gasteiger partial charge on any atom is 0.0271 e. The van der Waals surface area contributed by atoms with Crippen LogP contribution in [0.2, 0.25) is 0 Å². The van der Waals surface area contributed by atoms with Gasteiger partial charge in [0, 0.05) is 25.0 Å². The van der Waals surface area contributed by atoms with Crippen LogP contribution in [0.5, 0.6) is 0 Å². The SMILES string of the molecule is CCNCC(C)C(C)N(C)Cc1ccncc1. The van der Waals surface area contributed by atoms with Gasteiger partial charge in [0.25, 0.3) is 0 Å². The molecule has 1 heterocycles. The number of aromatic nitrogens is 1. The monoisotopic (exact) mass is 235 g/mol. The first-order valence-electron chi connectivity index (χ1n) is 6.45. The summed E-state index contributed by atoms with van der Waals surface area (Å²) >= 11 is 0. The molecule has 2 unspecified atom stereocenters. The number of hydrogen-bond acceptors (Lipinski definition) is 3. The molecule has 0 fully saturated rings. The van der Waals surface area contributed by atoms with E-state index in [2.05, 4.69) is 55.2 Å². The van der Waals surface area contributed by atoms with Crippen LogP contribution in [0.15, 0.2) is 24.5 Å². The fourth-order valence-corrected chi connectivity index (χ4v) is 1.90. The predicted octanol–water partition coefficient (Wildman–Crippen LogP) is 2.15. The zero-order chi connectivity index (χ0) is 12.7. The van der Waals surface area contributed by atoms with Gasteiger partial charge >= 0.3 is 0 Å². The van der Waals surface area contributed by atoms with Crippen LogP contribution in [0.3, 0.4) is 0 Å². The predicted molar refractivity (Wildman–Crippen MR) is 72.9 cm³/mol. The first-order valence-corrected chi connectivity index (χ1v) is 6.45. The molecule has 3 nitrogen and oxygen atoms in total. The van der Waals surface area contributed by atoms with Crippen molar-refractivity contribution in [3.8, 4) is 0 Å². The van der Waals surface area contributed by atoms with Gasteiger partial charge in [-0.05, 0) is 50.7 Å². The molecule has 1 aromatic rings. The quantitative estimate of drug-likeness (QED) is 0.785. The number of nitrogens with one attached hydrogen (secondary N) is 1. The van der Waals surface area contributed by atoms with Crippen molar-refractivity contribution < 1.29 is 0 Å². The molecule has 2 atom stereocenters. The van der Waals surface area contributed by atoms with E-state index in [0.717, 1.165) is 19.6 Å². The number of hydrogen-bond donors (Lipinski definition) is 1. The number of nitrogens with zero attached hydrogens (tertiary/aromatic N) is 2. The van der Waals surface area contributed by atoms with E-state index in [9.17, 15) is 0 Å². The van der Waals surface area contributed by atoms with Crippen molar-refractivity contribution in [2.45, 2.75) is 33.4 Å². The van der Waals surface area contributed by atoms with Crippen LogP contribution in [-0.4, -0.2) is 36.1 Å². The first-order chi connectivity index (χ1) is 8.15. The van der Waals surface area contributed by atoms with Crippen molar-refractivity contribution in [2.75, 3.05) is 20.1 Å². The third kappa shape index (κ3) is 4.84. The van der Waals surface area contributed by atoms with E-state index in [1.807, 2.05) is 12.4 Å². The average Bonchev–Trinajstić information content (AvgIpc) is 2.36. The minimum absolute atomic E-state index is 0.571. The highest BCUT2D eigenvalue weighted by atomic mass is 15.1. The van der Waals surface area contributed by atoms with Crippen LogP contribution in [0, 0.1) is 5.92 Å². The topological polar surface area (TPSA) is 28.2 Å². The smallest absolute Gasteiger partial charge is 0.0271 e. The lowest BCUT2D eigenvalue weighted by Crippen LogP contribution is -2.38. The first kappa shape index (κ1) is 14.1. The summed E-state index contributed by atoms with van der Waals surface area (Å²) in [5.74, 6) is 0.654. The summed E-state index contributed by atoms with van der Waals surface area (Å²) in [5, 5.41) is 3.41. The van der Waals surface area contributed by atoms with Crippen LogP contribution >= 0.6 is 0 Å². The summed E-state index contributed by atoms with van der Waals surface area (Å²) in [6.45, 7) is 9.86. The molecule has 17 heavy (non-hydrogen) atoms. The van der Waals surface area contributed by atoms with Crippen molar-refractivity contribution in [2.24, 2.45) is 5.92 Å². The Morgan fingerprint density at radius 2 is 1.94 bits per heavy atom. The summed E-state index contributed by atoms with van der Waals surface area (Å²) in [6.07, 6.45) is 3.71. The van der Waals surface area contributed by atoms with Crippen LogP contribution in [0.25, 0.3) is 0 Å². The Kier molecular flexibility index (Phi) is 6.16. The molecule has 0 aliphatic carbocycles. The van der Waals surface area contributed by atoms with Gasteiger partial charge in [0.05, 0.1) is 0 Å². The molecular weight excluding hydrogens is 210 g/mol. The molecule has 0 aromatic carbocycles. The standard InChI is InChI=1S/C14H25N3/c1-5-15-10-12(2)13(3)17(4)11-14-6-8-16-9-7-14/h6-9,12-13,15H,5,10-11H2,1-4H3. The van der Waals surface area contributed by atoms with Gasteiger partial charge in [-0.1, -0.05) is 13.8 Å². The molecule has 0 radical (unpaired) electrons. The minimum atomic E-state index is 0.571. The lowest BCUT2D eigenvalue weighted by molar-refractivity contribution is 0.189. The van der Waals surface area contributed by atoms with Gasteiger partial charge < -0.3 is 5.32 Å². The number of rotatable bonds is 7. The normalized spacial score (nSPS) is 14.9. The third-order valence-electron chi connectivity index (χ3n) is 3.42. The molecule has 0 aliphatic rings. The Morgan fingerprint density at radius 3 is 2.53 bits per heavy atom. The Balaban J connectivity index is 2.43. The molecule has 3 heteroatoms. The summed E-state index contributed by atoms with van der Waals surface area (Å²) < 4.78 is 0. The van der Waals surface area contributed by atoms with E-state index in [-0.39, 0.29) is 0 Å². The summed E-state index contributed by atoms with van der Waals surface area (Å²) in [6, 6.07) is 4.73. The second-order valence-corrected chi connectivity index (χ2v) is 4.80. The molecule has 0 spiro atoms. The van der Waals surface area contributed by atoms with Gasteiger partial charge in [-0.15, -0.1) is 0 Å². The molecule has 1 N–H and O–H groups in total. The highest BCUT2D eigenvalue weighted by molar-refractivity contribution is 5.09. The van der Waals surface area contributed by atoms with Gasteiger partial charge in [-0.25, -0.2) is 0 Å². The lowest BCUT2D eigenvalue weighted by atomic mass is 10.0. The third-order valence-corrected chi connectivity index (χ3v) is 3.42. The van der Waals surface area contributed by atoms with Gasteiger partial charge in [-0.2, -0.15) is 0 Å². The average molecular weight is 235 g/mol. The Hall–Kier alpha value is -0.930. The van der Waals surface area contributed by atoms with E-state index in [1.165, 1.54) is 5.56 Å². The fraction of sp³-hybridized carbons (Fsp3) is 0.643. The minimum Gasteiger partial charge on any atom is -0.317 e. The Morgan fingerprint density at radius 1 is 1.29 bits per heavy atom. The van der Waals surface area contributed by atoms with Crippen molar-refractivity contribution >= 4 is 0 Å². The maximum absolute atomic E-state index is 4.04. The van der Waals surface area contributed by atoms with E-state index in [4.69, 9.17) is 0 Å². The lowest BCUT2D eigenvalue weighted by Gasteiger charge is -2.30. The van der Waals surface area contributed by atoms with Gasteiger partial charge in [0.1, 0.15) is 0 Å². The molecule has 1 rings (SSSR count). The Labute approximate surface area is 105 Å². The van der Waals surface area contributed by atoms with Crippen LogP contribution in [0.4, 0.5) is 0 Å². The van der Waals surface area contributed by atoms with Crippen LogP contribution in [-0.2, 0) is 6.54 Å². The van der Waals surface area contributed by atoms with E-state index >= 15 is 0 Å².